The van der Waals surface area contributed by atoms with Crippen LogP contribution in [0.3, 0.4) is 0 Å². The van der Waals surface area contributed by atoms with Gasteiger partial charge in [0.25, 0.3) is 0 Å². The summed E-state index contributed by atoms with van der Waals surface area (Å²) in [5, 5.41) is 5.50. The molecule has 0 bridgehead atoms. The normalized spacial score (nSPS) is 21.9. The number of nitrogens with one attached hydrogen (secondary N) is 2. The van der Waals surface area contributed by atoms with Crippen LogP contribution in [0.2, 0.25) is 0 Å². The van der Waals surface area contributed by atoms with Gasteiger partial charge in [0.1, 0.15) is 12.4 Å². The summed E-state index contributed by atoms with van der Waals surface area (Å²) in [6.45, 7) is 5.29. The number of hydrogen-bond acceptors (Lipinski definition) is 5. The van der Waals surface area contributed by atoms with Crippen LogP contribution in [0, 0.1) is 0 Å². The molecule has 0 aliphatic carbocycles. The van der Waals surface area contributed by atoms with Crippen molar-refractivity contribution in [3.8, 4) is 5.75 Å². The summed E-state index contributed by atoms with van der Waals surface area (Å²) in [4.78, 5) is 25.0. The standard InChI is InChI=1S/C21H28N2O5/c1-3-4-11-27-17-10-6-5-9-16(17)19-18(14(2)22-21(25)23-19)20(24)28-13-15-8-7-12-26-15/h5-6,9-10,15,19H,3-4,7-8,11-13H2,1-2H3,(H2,22,23,25)/t15-,19-/m1/s1. The molecule has 2 aliphatic rings. The van der Waals surface area contributed by atoms with E-state index in [4.69, 9.17) is 14.2 Å². The SMILES string of the molecule is CCCCOc1ccccc1[C@H]1NC(=O)NC(C)=C1C(=O)OC[C@H]1CCCO1. The summed E-state index contributed by atoms with van der Waals surface area (Å²) in [5.41, 5.74) is 1.59. The molecular formula is C21H28N2O5. The van der Waals surface area contributed by atoms with Gasteiger partial charge in [0.15, 0.2) is 0 Å². The van der Waals surface area contributed by atoms with E-state index >= 15 is 0 Å². The smallest absolute Gasteiger partial charge is 0.338 e. The minimum atomic E-state index is -0.636. The minimum absolute atomic E-state index is 0.0564. The maximum atomic E-state index is 12.9. The van der Waals surface area contributed by atoms with E-state index in [0.29, 0.717) is 30.2 Å². The van der Waals surface area contributed by atoms with Gasteiger partial charge in [-0.15, -0.1) is 0 Å². The fourth-order valence-electron chi connectivity index (χ4n) is 3.40. The lowest BCUT2D eigenvalue weighted by Gasteiger charge is -2.29. The quantitative estimate of drug-likeness (QED) is 0.528. The number of para-hydroxylation sites is 1. The average Bonchev–Trinajstić information content (AvgIpc) is 3.20. The van der Waals surface area contributed by atoms with Gasteiger partial charge in [0, 0.05) is 17.9 Å². The summed E-state index contributed by atoms with van der Waals surface area (Å²) >= 11 is 0. The molecule has 3 rings (SSSR count). The first-order chi connectivity index (χ1) is 13.6. The second-order valence-corrected chi connectivity index (χ2v) is 7.04. The fourth-order valence-corrected chi connectivity index (χ4v) is 3.40. The lowest BCUT2D eigenvalue weighted by Crippen LogP contribution is -2.45. The van der Waals surface area contributed by atoms with E-state index in [1.165, 1.54) is 0 Å². The van der Waals surface area contributed by atoms with Crippen LogP contribution in [0.4, 0.5) is 4.79 Å². The number of carbonyl (C=O) groups is 2. The molecule has 0 unspecified atom stereocenters. The van der Waals surface area contributed by atoms with Crippen LogP contribution >= 0.6 is 0 Å². The Morgan fingerprint density at radius 1 is 1.32 bits per heavy atom. The molecule has 28 heavy (non-hydrogen) atoms. The van der Waals surface area contributed by atoms with E-state index in [1.54, 1.807) is 6.92 Å². The predicted molar refractivity (Wildman–Crippen MR) is 104 cm³/mol. The molecule has 2 atom stereocenters. The molecule has 1 fully saturated rings. The number of unbranched alkanes of at least 4 members (excludes halogenated alkanes) is 1. The van der Waals surface area contributed by atoms with Crippen LogP contribution in [0.1, 0.15) is 51.1 Å². The molecule has 1 aromatic carbocycles. The third-order valence-electron chi connectivity index (χ3n) is 4.90. The molecular weight excluding hydrogens is 360 g/mol. The third kappa shape index (κ3) is 4.84. The predicted octanol–water partition coefficient (Wildman–Crippen LogP) is 3.22. The molecule has 0 saturated carbocycles. The number of esters is 1. The highest BCUT2D eigenvalue weighted by Crippen LogP contribution is 2.33. The molecule has 2 heterocycles. The Morgan fingerprint density at radius 3 is 2.89 bits per heavy atom. The van der Waals surface area contributed by atoms with Gasteiger partial charge in [-0.05, 0) is 32.3 Å². The number of ether oxygens (including phenoxy) is 3. The van der Waals surface area contributed by atoms with E-state index in [0.717, 1.165) is 31.2 Å². The zero-order chi connectivity index (χ0) is 19.9. The van der Waals surface area contributed by atoms with Gasteiger partial charge in [-0.2, -0.15) is 0 Å². The molecule has 7 heteroatoms. The van der Waals surface area contributed by atoms with Crippen molar-refractivity contribution in [2.75, 3.05) is 19.8 Å². The first kappa shape index (κ1) is 20.2. The van der Waals surface area contributed by atoms with E-state index in [9.17, 15) is 9.59 Å². The van der Waals surface area contributed by atoms with Gasteiger partial charge >= 0.3 is 12.0 Å². The zero-order valence-electron chi connectivity index (χ0n) is 16.5. The second kappa shape index (κ2) is 9.59. The van der Waals surface area contributed by atoms with E-state index < -0.39 is 12.0 Å². The highest BCUT2D eigenvalue weighted by Gasteiger charge is 2.34. The molecule has 0 aromatic heterocycles. The van der Waals surface area contributed by atoms with Crippen LogP contribution in [-0.4, -0.2) is 37.9 Å². The summed E-state index contributed by atoms with van der Waals surface area (Å²) in [7, 11) is 0. The largest absolute Gasteiger partial charge is 0.493 e. The molecule has 2 amide bonds. The van der Waals surface area contributed by atoms with E-state index in [2.05, 4.69) is 17.6 Å². The van der Waals surface area contributed by atoms with Crippen molar-refractivity contribution in [1.82, 2.24) is 10.6 Å². The van der Waals surface area contributed by atoms with E-state index in [1.807, 2.05) is 24.3 Å². The zero-order valence-corrected chi connectivity index (χ0v) is 16.5. The first-order valence-electron chi connectivity index (χ1n) is 9.89. The van der Waals surface area contributed by atoms with Gasteiger partial charge in [-0.25, -0.2) is 9.59 Å². The van der Waals surface area contributed by atoms with Crippen LogP contribution in [0.5, 0.6) is 5.75 Å². The van der Waals surface area contributed by atoms with Crippen molar-refractivity contribution in [2.24, 2.45) is 0 Å². The van der Waals surface area contributed by atoms with Gasteiger partial charge in [-0.1, -0.05) is 31.5 Å². The number of rotatable bonds is 8. The van der Waals surface area contributed by atoms with E-state index in [-0.39, 0.29) is 18.7 Å². The Balaban J connectivity index is 1.82. The Morgan fingerprint density at radius 2 is 2.14 bits per heavy atom. The van der Waals surface area contributed by atoms with Crippen molar-refractivity contribution in [2.45, 2.75) is 51.7 Å². The number of hydrogen-bond donors (Lipinski definition) is 2. The lowest BCUT2D eigenvalue weighted by atomic mass is 9.95. The molecule has 0 spiro atoms. The summed E-state index contributed by atoms with van der Waals surface area (Å²) in [5.74, 6) is 0.189. The van der Waals surface area contributed by atoms with Crippen molar-refractivity contribution in [3.63, 3.8) is 0 Å². The molecule has 7 nitrogen and oxygen atoms in total. The topological polar surface area (TPSA) is 85.9 Å². The van der Waals surface area contributed by atoms with Crippen molar-refractivity contribution >= 4 is 12.0 Å². The number of benzene rings is 1. The highest BCUT2D eigenvalue weighted by molar-refractivity contribution is 5.95. The monoisotopic (exact) mass is 388 g/mol. The average molecular weight is 388 g/mol. The number of carbonyl (C=O) groups excluding carboxylic acids is 2. The number of amides is 2. The summed E-state index contributed by atoms with van der Waals surface area (Å²) < 4.78 is 16.9. The Labute approximate surface area is 165 Å². The van der Waals surface area contributed by atoms with Gasteiger partial charge in [-0.3, -0.25) is 0 Å². The third-order valence-corrected chi connectivity index (χ3v) is 4.90. The second-order valence-electron chi connectivity index (χ2n) is 7.04. The van der Waals surface area contributed by atoms with Crippen LogP contribution < -0.4 is 15.4 Å². The molecule has 2 aliphatic heterocycles. The first-order valence-corrected chi connectivity index (χ1v) is 9.89. The van der Waals surface area contributed by atoms with Gasteiger partial charge in [0.2, 0.25) is 0 Å². The van der Waals surface area contributed by atoms with Crippen LogP contribution in [0.15, 0.2) is 35.5 Å². The molecule has 1 aromatic rings. The Kier molecular flexibility index (Phi) is 6.92. The maximum absolute atomic E-state index is 12.9. The maximum Gasteiger partial charge on any atom is 0.338 e. The van der Waals surface area contributed by atoms with Gasteiger partial charge in [0.05, 0.1) is 24.3 Å². The van der Waals surface area contributed by atoms with Crippen molar-refractivity contribution in [3.05, 3.63) is 41.1 Å². The Bertz CT molecular complexity index is 740. The molecule has 1 saturated heterocycles. The number of urea groups is 1. The van der Waals surface area contributed by atoms with Gasteiger partial charge < -0.3 is 24.8 Å². The molecule has 152 valence electrons. The highest BCUT2D eigenvalue weighted by atomic mass is 16.6. The lowest BCUT2D eigenvalue weighted by molar-refractivity contribution is -0.142. The van der Waals surface area contributed by atoms with Crippen molar-refractivity contribution < 1.29 is 23.8 Å². The minimum Gasteiger partial charge on any atom is -0.493 e. The molecule has 2 N–H and O–H groups in total. The molecule has 0 radical (unpaired) electrons. The fraction of sp³-hybridized carbons (Fsp3) is 0.524. The summed E-state index contributed by atoms with van der Waals surface area (Å²) in [6.07, 6.45) is 3.76. The van der Waals surface area contributed by atoms with Crippen LogP contribution in [-0.2, 0) is 14.3 Å². The van der Waals surface area contributed by atoms with Crippen molar-refractivity contribution in [1.29, 1.82) is 0 Å². The Hall–Kier alpha value is -2.54. The van der Waals surface area contributed by atoms with Crippen LogP contribution in [0.25, 0.3) is 0 Å². The number of allylic oxidation sites excluding steroid dienone is 1. The summed E-state index contributed by atoms with van der Waals surface area (Å²) in [6, 6.07) is 6.45.